The topological polar surface area (TPSA) is 125 Å². The lowest BCUT2D eigenvalue weighted by molar-refractivity contribution is -0.105. The standard InChI is InChI=1S/C27H31F5N4O4S/c1-14-3-2-8-33-22(14)25(26(40)4-6-27(31,32)7-5-26)41-13-19(38)23(24(39)20(41)12-37)36-11-18(34-35-36)15-9-16(28)21(30)17(29)10-15/h2-3,8-11,19-20,23-25,37-41H,4-7,12-13H2,1H3/t19-,20+,23-,24-,25+/m0/s1. The molecular formula is C27H31F5N4O4S. The predicted octanol–water partition coefficient (Wildman–Crippen LogP) is 3.39. The van der Waals surface area contributed by atoms with Gasteiger partial charge in [0.15, 0.2) is 17.5 Å². The molecule has 1 aliphatic heterocycles. The number of alkyl halides is 2. The number of thiol groups is 1. The Bertz CT molecular complexity index is 1380. The fourth-order valence-electron chi connectivity index (χ4n) is 6.04. The van der Waals surface area contributed by atoms with Crippen LogP contribution >= 0.6 is 10.9 Å². The number of nitrogens with zero attached hydrogens (tertiary/aromatic N) is 4. The first kappa shape index (κ1) is 29.8. The average Bonchev–Trinajstić information content (AvgIpc) is 3.40. The molecule has 1 saturated carbocycles. The molecule has 1 aromatic carbocycles. The van der Waals surface area contributed by atoms with Crippen molar-refractivity contribution >= 4 is 10.9 Å². The highest BCUT2D eigenvalue weighted by molar-refractivity contribution is 8.18. The van der Waals surface area contributed by atoms with E-state index in [1.807, 2.05) is 0 Å². The van der Waals surface area contributed by atoms with E-state index in [0.717, 1.165) is 16.8 Å². The van der Waals surface area contributed by atoms with Gasteiger partial charge in [-0.1, -0.05) is 11.3 Å². The van der Waals surface area contributed by atoms with Crippen molar-refractivity contribution in [3.05, 3.63) is 65.4 Å². The Labute approximate surface area is 235 Å². The Hall–Kier alpha value is -2.65. The molecule has 4 N–H and O–H groups in total. The molecule has 2 fully saturated rings. The van der Waals surface area contributed by atoms with Gasteiger partial charge in [-0.15, -0.1) is 5.10 Å². The van der Waals surface area contributed by atoms with Crippen molar-refractivity contribution < 1.29 is 42.4 Å². The van der Waals surface area contributed by atoms with E-state index < -0.39 is 88.1 Å². The van der Waals surface area contributed by atoms with Crippen LogP contribution in [0.25, 0.3) is 11.3 Å². The summed E-state index contributed by atoms with van der Waals surface area (Å²) in [5.74, 6) is -7.41. The minimum Gasteiger partial charge on any atom is -0.395 e. The van der Waals surface area contributed by atoms with E-state index >= 15 is 0 Å². The van der Waals surface area contributed by atoms with Crippen LogP contribution < -0.4 is 0 Å². The number of aromatic nitrogens is 4. The third-order valence-electron chi connectivity index (χ3n) is 8.24. The maximum Gasteiger partial charge on any atom is 0.248 e. The van der Waals surface area contributed by atoms with Gasteiger partial charge in [0.05, 0.1) is 41.6 Å². The van der Waals surface area contributed by atoms with Crippen molar-refractivity contribution in [1.82, 2.24) is 20.0 Å². The molecule has 0 radical (unpaired) electrons. The van der Waals surface area contributed by atoms with E-state index in [0.29, 0.717) is 11.3 Å². The van der Waals surface area contributed by atoms with Crippen molar-refractivity contribution in [1.29, 1.82) is 0 Å². The van der Waals surface area contributed by atoms with Gasteiger partial charge >= 0.3 is 0 Å². The summed E-state index contributed by atoms with van der Waals surface area (Å²) in [6.07, 6.45) is -1.44. The quantitative estimate of drug-likeness (QED) is 0.167. The first-order valence-corrected chi connectivity index (χ1v) is 14.8. The molecule has 0 spiro atoms. The Kier molecular flexibility index (Phi) is 8.16. The van der Waals surface area contributed by atoms with Crippen LogP contribution in [-0.2, 0) is 0 Å². The maximum atomic E-state index is 14.1. The highest BCUT2D eigenvalue weighted by Crippen LogP contribution is 2.61. The van der Waals surface area contributed by atoms with Gasteiger partial charge in [0, 0.05) is 35.6 Å². The summed E-state index contributed by atoms with van der Waals surface area (Å²) in [4.78, 5) is 4.47. The van der Waals surface area contributed by atoms with Crippen LogP contribution in [0.1, 0.15) is 48.2 Å². The highest BCUT2D eigenvalue weighted by atomic mass is 32.2. The number of aryl methyl sites for hydroxylation is 1. The maximum absolute atomic E-state index is 14.1. The molecule has 6 atom stereocenters. The molecule has 2 aliphatic rings. The zero-order valence-electron chi connectivity index (χ0n) is 22.0. The predicted molar refractivity (Wildman–Crippen MR) is 141 cm³/mol. The monoisotopic (exact) mass is 602 g/mol. The summed E-state index contributed by atoms with van der Waals surface area (Å²) in [5, 5.41) is 51.2. The van der Waals surface area contributed by atoms with E-state index in [2.05, 4.69) is 15.3 Å². The highest BCUT2D eigenvalue weighted by Gasteiger charge is 2.54. The second kappa shape index (κ2) is 11.2. The fraction of sp³-hybridized carbons (Fsp3) is 0.519. The van der Waals surface area contributed by atoms with Crippen LogP contribution in [0.2, 0.25) is 0 Å². The number of rotatable bonds is 6. The first-order valence-electron chi connectivity index (χ1n) is 13.2. The summed E-state index contributed by atoms with van der Waals surface area (Å²) in [6, 6.07) is 3.82. The average molecular weight is 603 g/mol. The lowest BCUT2D eigenvalue weighted by Crippen LogP contribution is -2.53. The zero-order valence-corrected chi connectivity index (χ0v) is 22.9. The molecule has 5 rings (SSSR count). The molecule has 1 unspecified atom stereocenters. The molecule has 3 heterocycles. The number of aliphatic hydroxyl groups excluding tert-OH is 3. The Balaban J connectivity index is 1.49. The third kappa shape index (κ3) is 5.59. The van der Waals surface area contributed by atoms with Crippen molar-refractivity contribution in [3.63, 3.8) is 0 Å². The normalized spacial score (nSPS) is 29.3. The molecule has 1 aliphatic carbocycles. The molecule has 1 saturated heterocycles. The van der Waals surface area contributed by atoms with Crippen LogP contribution in [0.15, 0.2) is 36.7 Å². The van der Waals surface area contributed by atoms with Crippen LogP contribution in [-0.4, -0.2) is 81.7 Å². The molecule has 41 heavy (non-hydrogen) atoms. The lowest BCUT2D eigenvalue weighted by atomic mass is 9.79. The van der Waals surface area contributed by atoms with E-state index in [4.69, 9.17) is 0 Å². The molecule has 0 amide bonds. The number of hydrogen-bond donors (Lipinski definition) is 5. The number of pyridine rings is 1. The van der Waals surface area contributed by atoms with Crippen molar-refractivity contribution in [2.75, 3.05) is 12.4 Å². The number of hydrogen-bond acceptors (Lipinski definition) is 7. The van der Waals surface area contributed by atoms with Crippen molar-refractivity contribution in [2.24, 2.45) is 0 Å². The molecule has 0 bridgehead atoms. The number of halogens is 5. The summed E-state index contributed by atoms with van der Waals surface area (Å²) in [7, 11) is -1.65. The third-order valence-corrected chi connectivity index (χ3v) is 11.7. The SMILES string of the molecule is Cc1cccnc1[C@@H]([SH]1C[C@H](O)[C@H](n2cc(-c3cc(F)c(F)c(F)c3)nn2)[C@@H](O)[C@H]1CO)C1(O)CCC(F)(F)CC1. The molecule has 2 aromatic heterocycles. The minimum atomic E-state index is -2.92. The van der Waals surface area contributed by atoms with E-state index in [1.54, 1.807) is 19.1 Å². The van der Waals surface area contributed by atoms with Gasteiger partial charge in [0.25, 0.3) is 0 Å². The van der Waals surface area contributed by atoms with Gasteiger partial charge in [0.2, 0.25) is 5.92 Å². The molecule has 8 nitrogen and oxygen atoms in total. The van der Waals surface area contributed by atoms with E-state index in [1.165, 1.54) is 12.4 Å². The van der Waals surface area contributed by atoms with Crippen molar-refractivity contribution in [2.45, 2.75) is 72.9 Å². The second-order valence-corrected chi connectivity index (χ2v) is 13.5. The van der Waals surface area contributed by atoms with Gasteiger partial charge in [-0.3, -0.25) is 4.98 Å². The van der Waals surface area contributed by atoms with Gasteiger partial charge in [0.1, 0.15) is 11.7 Å². The van der Waals surface area contributed by atoms with Gasteiger partial charge in [-0.2, -0.15) is 0 Å². The fourth-order valence-corrected chi connectivity index (χ4v) is 9.79. The summed E-state index contributed by atoms with van der Waals surface area (Å²) in [5.41, 5.74) is -0.603. The van der Waals surface area contributed by atoms with Gasteiger partial charge in [-0.05, 0) is 43.5 Å². The summed E-state index contributed by atoms with van der Waals surface area (Å²) < 4.78 is 70.3. The van der Waals surface area contributed by atoms with Gasteiger partial charge in [-0.25, -0.2) is 37.5 Å². The van der Waals surface area contributed by atoms with Crippen LogP contribution in [0, 0.1) is 24.4 Å². The van der Waals surface area contributed by atoms with Crippen LogP contribution in [0.3, 0.4) is 0 Å². The number of benzene rings is 1. The number of aliphatic hydroxyl groups is 4. The molecule has 3 aromatic rings. The molecule has 14 heteroatoms. The lowest BCUT2D eigenvalue weighted by Gasteiger charge is -2.53. The van der Waals surface area contributed by atoms with Crippen molar-refractivity contribution in [3.8, 4) is 11.3 Å². The largest absolute Gasteiger partial charge is 0.395 e. The first-order chi connectivity index (χ1) is 19.3. The Morgan fingerprint density at radius 1 is 1.10 bits per heavy atom. The van der Waals surface area contributed by atoms with Crippen LogP contribution in [0.4, 0.5) is 22.0 Å². The van der Waals surface area contributed by atoms with E-state index in [-0.39, 0.29) is 29.9 Å². The Morgan fingerprint density at radius 2 is 1.76 bits per heavy atom. The summed E-state index contributed by atoms with van der Waals surface area (Å²) >= 11 is 0. The van der Waals surface area contributed by atoms with Gasteiger partial charge < -0.3 is 20.4 Å². The van der Waals surface area contributed by atoms with E-state index in [9.17, 15) is 42.4 Å². The van der Waals surface area contributed by atoms with Crippen LogP contribution in [0.5, 0.6) is 0 Å². The Morgan fingerprint density at radius 3 is 2.37 bits per heavy atom. The summed E-state index contributed by atoms with van der Waals surface area (Å²) in [6.45, 7) is 1.23. The zero-order chi connectivity index (χ0) is 29.7. The molecular weight excluding hydrogens is 571 g/mol. The second-order valence-electron chi connectivity index (χ2n) is 10.9. The molecule has 224 valence electrons. The minimum absolute atomic E-state index is 0.00331. The smallest absolute Gasteiger partial charge is 0.248 e.